The van der Waals surface area contributed by atoms with Crippen molar-refractivity contribution in [3.8, 4) is 5.75 Å². The Morgan fingerprint density at radius 2 is 2.15 bits per heavy atom. The van der Waals surface area contributed by atoms with Crippen LogP contribution in [0, 0.1) is 17.0 Å². The number of hydrogen-bond donors (Lipinski definition) is 1. The summed E-state index contributed by atoms with van der Waals surface area (Å²) in [5, 5.41) is 13.3. The van der Waals surface area contributed by atoms with E-state index in [4.69, 9.17) is 9.15 Å². The number of carbonyl (C=O) groups excluding carboxylic acids is 1. The molecule has 7 nitrogen and oxygen atoms in total. The average molecular weight is 276 g/mol. The van der Waals surface area contributed by atoms with Crippen LogP contribution in [0.1, 0.15) is 16.1 Å². The summed E-state index contributed by atoms with van der Waals surface area (Å²) in [6.45, 7) is 1.67. The Balaban J connectivity index is 2.27. The van der Waals surface area contributed by atoms with Crippen molar-refractivity contribution in [1.82, 2.24) is 0 Å². The summed E-state index contributed by atoms with van der Waals surface area (Å²) in [6, 6.07) is 5.50. The minimum Gasteiger partial charge on any atom is -0.494 e. The van der Waals surface area contributed by atoms with Gasteiger partial charge in [0.15, 0.2) is 0 Å². The van der Waals surface area contributed by atoms with Gasteiger partial charge in [0.25, 0.3) is 11.6 Å². The minimum absolute atomic E-state index is 0.112. The lowest BCUT2D eigenvalue weighted by atomic mass is 10.2. The van der Waals surface area contributed by atoms with Crippen molar-refractivity contribution in [3.63, 3.8) is 0 Å². The average Bonchev–Trinajstić information content (AvgIpc) is 2.85. The van der Waals surface area contributed by atoms with Crippen LogP contribution in [0.2, 0.25) is 0 Å². The number of methoxy groups -OCH3 is 1. The number of rotatable bonds is 4. The Bertz CT molecular complexity index is 663. The summed E-state index contributed by atoms with van der Waals surface area (Å²) in [5.41, 5.74) is 0.633. The predicted octanol–water partition coefficient (Wildman–Crippen LogP) is 2.76. The number of nitrogens with zero attached hydrogens (tertiary/aromatic N) is 1. The fraction of sp³-hybridized carbons (Fsp3) is 0.154. The summed E-state index contributed by atoms with van der Waals surface area (Å²) in [4.78, 5) is 22.2. The number of nitro groups is 1. The minimum atomic E-state index is -0.533. The third-order valence-corrected chi connectivity index (χ3v) is 2.75. The SMILES string of the molecule is COc1cc([N+](=O)[O-])ccc1NC(=O)c1ccoc1C. The van der Waals surface area contributed by atoms with Gasteiger partial charge in [-0.15, -0.1) is 0 Å². The molecule has 1 N–H and O–H groups in total. The van der Waals surface area contributed by atoms with Crippen LogP contribution in [0.3, 0.4) is 0 Å². The summed E-state index contributed by atoms with van der Waals surface area (Å²) in [7, 11) is 1.37. The molecule has 0 saturated heterocycles. The van der Waals surface area contributed by atoms with Gasteiger partial charge in [0.2, 0.25) is 0 Å². The van der Waals surface area contributed by atoms with Crippen molar-refractivity contribution in [2.24, 2.45) is 0 Å². The maximum atomic E-state index is 12.0. The molecule has 0 atom stereocenters. The second-order valence-corrected chi connectivity index (χ2v) is 3.99. The van der Waals surface area contributed by atoms with E-state index in [0.29, 0.717) is 17.0 Å². The number of nitro benzene ring substituents is 1. The normalized spacial score (nSPS) is 10.1. The maximum Gasteiger partial charge on any atom is 0.273 e. The van der Waals surface area contributed by atoms with Gasteiger partial charge in [-0.25, -0.2) is 0 Å². The van der Waals surface area contributed by atoms with Gasteiger partial charge < -0.3 is 14.5 Å². The molecule has 0 aliphatic carbocycles. The van der Waals surface area contributed by atoms with Crippen LogP contribution in [-0.2, 0) is 0 Å². The Morgan fingerprint density at radius 3 is 2.70 bits per heavy atom. The van der Waals surface area contributed by atoms with Crippen LogP contribution in [0.25, 0.3) is 0 Å². The third kappa shape index (κ3) is 2.61. The van der Waals surface area contributed by atoms with E-state index in [-0.39, 0.29) is 17.3 Å². The van der Waals surface area contributed by atoms with Crippen LogP contribution in [0.5, 0.6) is 5.75 Å². The number of anilines is 1. The van der Waals surface area contributed by atoms with Crippen LogP contribution < -0.4 is 10.1 Å². The summed E-state index contributed by atoms with van der Waals surface area (Å²) in [5.74, 6) is 0.334. The molecular formula is C13H12N2O5. The molecule has 104 valence electrons. The van der Waals surface area contributed by atoms with Crippen molar-refractivity contribution in [2.75, 3.05) is 12.4 Å². The second kappa shape index (κ2) is 5.43. The number of amides is 1. The van der Waals surface area contributed by atoms with Crippen molar-refractivity contribution >= 4 is 17.3 Å². The molecule has 1 amide bonds. The highest BCUT2D eigenvalue weighted by molar-refractivity contribution is 6.05. The molecule has 0 bridgehead atoms. The molecule has 0 aliphatic rings. The predicted molar refractivity (Wildman–Crippen MR) is 71.0 cm³/mol. The lowest BCUT2D eigenvalue weighted by molar-refractivity contribution is -0.384. The zero-order chi connectivity index (χ0) is 14.7. The highest BCUT2D eigenvalue weighted by atomic mass is 16.6. The summed E-state index contributed by atoms with van der Waals surface area (Å²) < 4.78 is 10.1. The van der Waals surface area contributed by atoms with Crippen molar-refractivity contribution in [1.29, 1.82) is 0 Å². The Kier molecular flexibility index (Phi) is 3.69. The Morgan fingerprint density at radius 1 is 1.40 bits per heavy atom. The molecule has 2 aromatic rings. The number of nitrogens with one attached hydrogen (secondary N) is 1. The number of benzene rings is 1. The van der Waals surface area contributed by atoms with E-state index in [1.165, 1.54) is 31.6 Å². The van der Waals surface area contributed by atoms with Gasteiger partial charge >= 0.3 is 0 Å². The van der Waals surface area contributed by atoms with E-state index < -0.39 is 4.92 Å². The summed E-state index contributed by atoms with van der Waals surface area (Å²) in [6.07, 6.45) is 1.41. The Labute approximate surface area is 114 Å². The van der Waals surface area contributed by atoms with Gasteiger partial charge in [-0.05, 0) is 19.1 Å². The molecule has 20 heavy (non-hydrogen) atoms. The van der Waals surface area contributed by atoms with Gasteiger partial charge in [0, 0.05) is 6.07 Å². The summed E-state index contributed by atoms with van der Waals surface area (Å²) >= 11 is 0. The lowest BCUT2D eigenvalue weighted by Gasteiger charge is -2.09. The number of aryl methyl sites for hydroxylation is 1. The largest absolute Gasteiger partial charge is 0.494 e. The Hall–Kier alpha value is -2.83. The topological polar surface area (TPSA) is 94.6 Å². The van der Waals surface area contributed by atoms with E-state index in [0.717, 1.165) is 0 Å². The van der Waals surface area contributed by atoms with Crippen molar-refractivity contribution < 1.29 is 18.9 Å². The maximum absolute atomic E-state index is 12.0. The van der Waals surface area contributed by atoms with Crippen LogP contribution in [0.15, 0.2) is 34.9 Å². The molecule has 0 fully saturated rings. The van der Waals surface area contributed by atoms with E-state index in [1.54, 1.807) is 13.0 Å². The number of carbonyl (C=O) groups is 1. The van der Waals surface area contributed by atoms with E-state index in [1.807, 2.05) is 0 Å². The molecule has 0 radical (unpaired) electrons. The molecular weight excluding hydrogens is 264 g/mol. The molecule has 1 aromatic carbocycles. The molecule has 1 aromatic heterocycles. The number of furan rings is 1. The monoisotopic (exact) mass is 276 g/mol. The molecule has 1 heterocycles. The van der Waals surface area contributed by atoms with Crippen LogP contribution in [-0.4, -0.2) is 17.9 Å². The highest BCUT2D eigenvalue weighted by Crippen LogP contribution is 2.29. The molecule has 0 aliphatic heterocycles. The van der Waals surface area contributed by atoms with E-state index in [2.05, 4.69) is 5.32 Å². The number of hydrogen-bond acceptors (Lipinski definition) is 5. The van der Waals surface area contributed by atoms with Crippen LogP contribution in [0.4, 0.5) is 11.4 Å². The van der Waals surface area contributed by atoms with Gasteiger partial charge in [-0.1, -0.05) is 0 Å². The number of non-ortho nitro benzene ring substituents is 1. The standard InChI is InChI=1S/C13H12N2O5/c1-8-10(5-6-20-8)13(16)14-11-4-3-9(15(17)18)7-12(11)19-2/h3-7H,1-2H3,(H,14,16). The fourth-order valence-corrected chi connectivity index (χ4v) is 1.71. The molecule has 0 unspecified atom stereocenters. The molecule has 7 heteroatoms. The first-order chi connectivity index (χ1) is 9.52. The first-order valence-corrected chi connectivity index (χ1v) is 5.71. The van der Waals surface area contributed by atoms with Gasteiger partial charge in [-0.3, -0.25) is 14.9 Å². The quantitative estimate of drug-likeness (QED) is 0.684. The van der Waals surface area contributed by atoms with Gasteiger partial charge in [0.05, 0.1) is 35.6 Å². The lowest BCUT2D eigenvalue weighted by Crippen LogP contribution is -2.13. The smallest absolute Gasteiger partial charge is 0.273 e. The number of ether oxygens (including phenoxy) is 1. The second-order valence-electron chi connectivity index (χ2n) is 3.99. The first-order valence-electron chi connectivity index (χ1n) is 5.71. The molecule has 0 saturated carbocycles. The van der Waals surface area contributed by atoms with Crippen LogP contribution >= 0.6 is 0 Å². The van der Waals surface area contributed by atoms with Gasteiger partial charge in [0.1, 0.15) is 11.5 Å². The zero-order valence-electron chi connectivity index (χ0n) is 10.9. The zero-order valence-corrected chi connectivity index (χ0v) is 10.9. The van der Waals surface area contributed by atoms with Crippen molar-refractivity contribution in [3.05, 3.63) is 52.0 Å². The highest BCUT2D eigenvalue weighted by Gasteiger charge is 2.16. The molecule has 0 spiro atoms. The molecule has 2 rings (SSSR count). The van der Waals surface area contributed by atoms with Crippen molar-refractivity contribution in [2.45, 2.75) is 6.92 Å². The first kappa shape index (κ1) is 13.6. The van der Waals surface area contributed by atoms with E-state index in [9.17, 15) is 14.9 Å². The van der Waals surface area contributed by atoms with Gasteiger partial charge in [-0.2, -0.15) is 0 Å². The third-order valence-electron chi connectivity index (χ3n) is 2.75. The fourth-order valence-electron chi connectivity index (χ4n) is 1.71. The van der Waals surface area contributed by atoms with E-state index >= 15 is 0 Å².